The summed E-state index contributed by atoms with van der Waals surface area (Å²) in [6.45, 7) is 15.0. The van der Waals surface area contributed by atoms with Gasteiger partial charge in [0, 0.05) is 35.6 Å². The van der Waals surface area contributed by atoms with Gasteiger partial charge in [-0.15, -0.1) is 0 Å². The normalized spacial score (nSPS) is 21.0. The lowest BCUT2D eigenvalue weighted by Crippen LogP contribution is -2.64. The lowest BCUT2D eigenvalue weighted by Gasteiger charge is -2.45. The molecule has 1 aliphatic rings. The van der Waals surface area contributed by atoms with Crippen molar-refractivity contribution in [2.45, 2.75) is 71.3 Å². The second-order valence-electron chi connectivity index (χ2n) is 9.97. The van der Waals surface area contributed by atoms with Crippen molar-refractivity contribution in [3.63, 3.8) is 0 Å². The van der Waals surface area contributed by atoms with Crippen molar-refractivity contribution in [3.8, 4) is 0 Å². The first kappa shape index (κ1) is 21.8. The topological polar surface area (TPSA) is 60.3 Å². The van der Waals surface area contributed by atoms with Crippen molar-refractivity contribution in [2.24, 2.45) is 13.0 Å². The molecule has 0 spiro atoms. The second kappa shape index (κ2) is 7.40. The summed E-state index contributed by atoms with van der Waals surface area (Å²) in [5.41, 5.74) is 2.97. The van der Waals surface area contributed by atoms with E-state index in [4.69, 9.17) is 4.43 Å². The Morgan fingerprint density at radius 3 is 2.52 bits per heavy atom. The van der Waals surface area contributed by atoms with Crippen LogP contribution < -0.4 is 5.32 Å². The number of amides is 1. The van der Waals surface area contributed by atoms with Gasteiger partial charge in [0.15, 0.2) is 14.1 Å². The van der Waals surface area contributed by atoms with Crippen LogP contribution in [0, 0.1) is 12.8 Å². The van der Waals surface area contributed by atoms with Gasteiger partial charge in [-0.25, -0.2) is 0 Å². The van der Waals surface area contributed by atoms with Crippen LogP contribution in [0.3, 0.4) is 0 Å². The number of carbonyl (C=O) groups is 2. The largest absolute Gasteiger partial charge is 0.413 e. The number of aromatic nitrogens is 1. The Hall–Kier alpha value is -1.92. The Bertz CT molecular complexity index is 955. The number of benzene rings is 1. The number of hydrogen-bond donors (Lipinski definition) is 1. The number of β-lactam (4-membered cyclic amide) rings is 1. The quantitative estimate of drug-likeness (QED) is 0.427. The number of aryl methyl sites for hydroxylation is 2. The Labute approximate surface area is 174 Å². The summed E-state index contributed by atoms with van der Waals surface area (Å²) in [5.74, 6) is -0.221. The molecule has 6 heteroatoms. The Kier molecular flexibility index (Phi) is 5.56. The zero-order valence-corrected chi connectivity index (χ0v) is 19.9. The summed E-state index contributed by atoms with van der Waals surface area (Å²) >= 11 is 0. The zero-order valence-electron chi connectivity index (χ0n) is 18.9. The first-order valence-electron chi connectivity index (χ1n) is 10.4. The summed E-state index contributed by atoms with van der Waals surface area (Å²) in [5, 5.41) is 4.07. The molecule has 0 aliphatic carbocycles. The van der Waals surface area contributed by atoms with Crippen LogP contribution in [0.1, 0.15) is 50.2 Å². The molecule has 1 aromatic heterocycles. The molecule has 0 bridgehead atoms. The molecule has 0 unspecified atom stereocenters. The smallest absolute Gasteiger partial charge is 0.228 e. The van der Waals surface area contributed by atoms with E-state index in [2.05, 4.69) is 56.7 Å². The molecular formula is C23H34N2O3Si. The molecule has 1 aromatic carbocycles. The maximum Gasteiger partial charge on any atom is 0.228 e. The third-order valence-electron chi connectivity index (χ3n) is 6.87. The maximum atomic E-state index is 12.9. The van der Waals surface area contributed by atoms with Gasteiger partial charge in [-0.1, -0.05) is 20.8 Å². The van der Waals surface area contributed by atoms with Crippen LogP contribution >= 0.6 is 0 Å². The first-order valence-corrected chi connectivity index (χ1v) is 13.3. The van der Waals surface area contributed by atoms with Crippen molar-refractivity contribution >= 4 is 30.9 Å². The molecule has 3 rings (SSSR count). The fraction of sp³-hybridized carbons (Fsp3) is 0.565. The molecule has 5 nitrogen and oxygen atoms in total. The van der Waals surface area contributed by atoms with Gasteiger partial charge >= 0.3 is 0 Å². The van der Waals surface area contributed by atoms with Crippen molar-refractivity contribution in [1.29, 1.82) is 0 Å². The van der Waals surface area contributed by atoms with E-state index < -0.39 is 8.32 Å². The Morgan fingerprint density at radius 2 is 1.93 bits per heavy atom. The van der Waals surface area contributed by atoms with Gasteiger partial charge in [-0.05, 0) is 56.2 Å². The molecule has 1 amide bonds. The second-order valence-corrected chi connectivity index (χ2v) is 14.7. The lowest BCUT2D eigenvalue weighted by atomic mass is 9.82. The molecule has 1 N–H and O–H groups in total. The van der Waals surface area contributed by atoms with Gasteiger partial charge in [-0.2, -0.15) is 0 Å². The van der Waals surface area contributed by atoms with Crippen molar-refractivity contribution in [3.05, 3.63) is 35.5 Å². The number of hydrogen-bond acceptors (Lipinski definition) is 3. The van der Waals surface area contributed by atoms with Crippen molar-refractivity contribution in [2.75, 3.05) is 0 Å². The van der Waals surface area contributed by atoms with E-state index in [1.807, 2.05) is 32.2 Å². The number of ketones is 1. The molecule has 2 heterocycles. The molecule has 29 heavy (non-hydrogen) atoms. The summed E-state index contributed by atoms with van der Waals surface area (Å²) in [6, 6.07) is 7.76. The van der Waals surface area contributed by atoms with E-state index in [0.29, 0.717) is 12.0 Å². The summed E-state index contributed by atoms with van der Waals surface area (Å²) in [4.78, 5) is 25.2. The standard InChI is InChI=1S/C23H34N2O3Si/c1-14-11-17-12-16(9-10-19(17)25(14)6)20(26)13-18-21(22(27)24-18)15(2)28-29(7,8)23(3,4)5/h9-12,15,18,21H,13H2,1-8H3,(H,24,27)/t15-,18-,21-/m1/s1. The average Bonchev–Trinajstić information content (AvgIpc) is 2.86. The molecular weight excluding hydrogens is 380 g/mol. The Morgan fingerprint density at radius 1 is 1.28 bits per heavy atom. The number of Topliss-reactive ketones (excluding diaryl/α,β-unsaturated/α-hetero) is 1. The molecule has 1 aliphatic heterocycles. The predicted octanol–water partition coefficient (Wildman–Crippen LogP) is 4.58. The average molecular weight is 415 g/mol. The fourth-order valence-corrected chi connectivity index (χ4v) is 5.30. The molecule has 0 saturated carbocycles. The number of rotatable bonds is 6. The van der Waals surface area contributed by atoms with Crippen LogP contribution in [-0.4, -0.2) is 36.7 Å². The van der Waals surface area contributed by atoms with Crippen LogP contribution in [0.4, 0.5) is 0 Å². The van der Waals surface area contributed by atoms with Crippen LogP contribution in [-0.2, 0) is 16.3 Å². The van der Waals surface area contributed by atoms with E-state index in [1.54, 1.807) is 0 Å². The van der Waals surface area contributed by atoms with E-state index in [0.717, 1.165) is 16.6 Å². The number of fused-ring (bicyclic) bond motifs is 1. The van der Waals surface area contributed by atoms with E-state index in [9.17, 15) is 9.59 Å². The predicted molar refractivity (Wildman–Crippen MR) is 120 cm³/mol. The van der Waals surface area contributed by atoms with E-state index >= 15 is 0 Å². The molecule has 158 valence electrons. The summed E-state index contributed by atoms with van der Waals surface area (Å²) < 4.78 is 8.55. The van der Waals surface area contributed by atoms with Crippen molar-refractivity contribution < 1.29 is 14.0 Å². The van der Waals surface area contributed by atoms with E-state index in [1.165, 1.54) is 0 Å². The molecule has 1 saturated heterocycles. The molecule has 2 aromatic rings. The number of carbonyl (C=O) groups excluding carboxylic acids is 2. The van der Waals surface area contributed by atoms with E-state index in [-0.39, 0.29) is 34.8 Å². The van der Waals surface area contributed by atoms with Crippen LogP contribution in [0.25, 0.3) is 10.9 Å². The first-order chi connectivity index (χ1) is 13.3. The highest BCUT2D eigenvalue weighted by Gasteiger charge is 2.47. The summed E-state index contributed by atoms with van der Waals surface area (Å²) in [6.07, 6.45) is 0.112. The maximum absolute atomic E-state index is 12.9. The van der Waals surface area contributed by atoms with Gasteiger partial charge in [0.2, 0.25) is 5.91 Å². The van der Waals surface area contributed by atoms with Crippen LogP contribution in [0.5, 0.6) is 0 Å². The van der Waals surface area contributed by atoms with Gasteiger partial charge in [0.1, 0.15) is 0 Å². The highest BCUT2D eigenvalue weighted by Crippen LogP contribution is 2.39. The molecule has 1 fully saturated rings. The minimum absolute atomic E-state index is 0.0110. The SMILES string of the molecule is Cc1cc2cc(C(=O)C[C@H]3NC(=O)[C@@H]3[C@@H](C)O[Si](C)(C)C(C)(C)C)ccc2n1C. The Balaban J connectivity index is 1.71. The fourth-order valence-electron chi connectivity index (χ4n) is 3.87. The monoisotopic (exact) mass is 414 g/mol. The van der Waals surface area contributed by atoms with Crippen molar-refractivity contribution in [1.82, 2.24) is 9.88 Å². The summed E-state index contributed by atoms with van der Waals surface area (Å²) in [7, 11) is 0.0481. The minimum Gasteiger partial charge on any atom is -0.413 e. The van der Waals surface area contributed by atoms with Gasteiger partial charge in [-0.3, -0.25) is 9.59 Å². The minimum atomic E-state index is -1.98. The third-order valence-corrected chi connectivity index (χ3v) is 11.4. The van der Waals surface area contributed by atoms with Gasteiger partial charge in [0.25, 0.3) is 0 Å². The highest BCUT2D eigenvalue weighted by molar-refractivity contribution is 6.74. The van der Waals surface area contributed by atoms with Crippen LogP contribution in [0.2, 0.25) is 18.1 Å². The zero-order chi connectivity index (χ0) is 21.7. The third kappa shape index (κ3) is 4.05. The number of nitrogens with zero attached hydrogens (tertiary/aromatic N) is 1. The number of nitrogens with one attached hydrogen (secondary N) is 1. The molecule has 0 radical (unpaired) electrons. The lowest BCUT2D eigenvalue weighted by molar-refractivity contribution is -0.139. The van der Waals surface area contributed by atoms with Gasteiger partial charge in [0.05, 0.1) is 18.1 Å². The molecule has 3 atom stereocenters. The van der Waals surface area contributed by atoms with Gasteiger partial charge < -0.3 is 14.3 Å². The highest BCUT2D eigenvalue weighted by atomic mass is 28.4. The van der Waals surface area contributed by atoms with Crippen LogP contribution in [0.15, 0.2) is 24.3 Å².